The Morgan fingerprint density at radius 1 is 1.47 bits per heavy atom. The Hall–Kier alpha value is -0.760. The zero-order valence-electron chi connectivity index (χ0n) is 10.1. The molecule has 0 spiro atoms. The molecule has 0 amide bonds. The summed E-state index contributed by atoms with van der Waals surface area (Å²) in [4.78, 5) is 0. The van der Waals surface area contributed by atoms with Gasteiger partial charge in [0.25, 0.3) is 0 Å². The molecule has 1 heterocycles. The summed E-state index contributed by atoms with van der Waals surface area (Å²) in [5.74, 6) is 0.646. The van der Waals surface area contributed by atoms with Gasteiger partial charge in [-0.05, 0) is 37.5 Å². The molecular formula is C14H18ClFO. The molecule has 3 heteroatoms. The monoisotopic (exact) mass is 256 g/mol. The highest BCUT2D eigenvalue weighted by atomic mass is 35.5. The molecule has 0 radical (unpaired) electrons. The predicted molar refractivity (Wildman–Crippen MR) is 68.3 cm³/mol. The fourth-order valence-electron chi connectivity index (χ4n) is 2.27. The Labute approximate surface area is 107 Å². The van der Waals surface area contributed by atoms with E-state index in [2.05, 4.69) is 6.92 Å². The van der Waals surface area contributed by atoms with E-state index in [-0.39, 0.29) is 17.3 Å². The summed E-state index contributed by atoms with van der Waals surface area (Å²) in [6.07, 6.45) is 5.06. The van der Waals surface area contributed by atoms with Crippen molar-refractivity contribution >= 4 is 11.6 Å². The molecule has 1 aromatic rings. The van der Waals surface area contributed by atoms with Crippen LogP contribution >= 0.6 is 11.6 Å². The summed E-state index contributed by atoms with van der Waals surface area (Å²) in [7, 11) is 0. The van der Waals surface area contributed by atoms with Crippen molar-refractivity contribution in [1.29, 1.82) is 0 Å². The van der Waals surface area contributed by atoms with Gasteiger partial charge in [-0.25, -0.2) is 4.39 Å². The average molecular weight is 257 g/mol. The molecule has 0 N–H and O–H groups in total. The highest BCUT2D eigenvalue weighted by Gasteiger charge is 2.23. The van der Waals surface area contributed by atoms with Crippen LogP contribution in [0, 0.1) is 5.82 Å². The van der Waals surface area contributed by atoms with E-state index < -0.39 is 0 Å². The van der Waals surface area contributed by atoms with Gasteiger partial charge < -0.3 is 4.74 Å². The minimum absolute atomic E-state index is 0.171. The lowest BCUT2D eigenvalue weighted by atomic mass is 10.0. The molecule has 0 aliphatic carbocycles. The molecule has 0 saturated heterocycles. The third kappa shape index (κ3) is 3.35. The SMILES string of the molecule is CCCC(Cl)CCC1Cc2cc(F)ccc2O1. The van der Waals surface area contributed by atoms with Gasteiger partial charge in [0.15, 0.2) is 0 Å². The summed E-state index contributed by atoms with van der Waals surface area (Å²) in [6, 6.07) is 4.73. The van der Waals surface area contributed by atoms with E-state index >= 15 is 0 Å². The molecule has 2 rings (SSSR count). The van der Waals surface area contributed by atoms with E-state index in [9.17, 15) is 4.39 Å². The molecule has 0 aromatic heterocycles. The number of rotatable bonds is 5. The van der Waals surface area contributed by atoms with E-state index in [1.165, 1.54) is 6.07 Å². The lowest BCUT2D eigenvalue weighted by molar-refractivity contribution is 0.217. The number of alkyl halides is 1. The van der Waals surface area contributed by atoms with Crippen molar-refractivity contribution in [3.63, 3.8) is 0 Å². The molecule has 0 fully saturated rings. The second-order valence-corrected chi connectivity index (χ2v) is 5.28. The van der Waals surface area contributed by atoms with Crippen LogP contribution in [-0.2, 0) is 6.42 Å². The van der Waals surface area contributed by atoms with Crippen LogP contribution in [0.3, 0.4) is 0 Å². The van der Waals surface area contributed by atoms with Crippen LogP contribution in [0.2, 0.25) is 0 Å². The molecular weight excluding hydrogens is 239 g/mol. The van der Waals surface area contributed by atoms with Gasteiger partial charge in [0.2, 0.25) is 0 Å². The lowest BCUT2D eigenvalue weighted by Gasteiger charge is -2.13. The smallest absolute Gasteiger partial charge is 0.123 e. The van der Waals surface area contributed by atoms with Crippen molar-refractivity contribution in [1.82, 2.24) is 0 Å². The molecule has 1 aromatic carbocycles. The summed E-state index contributed by atoms with van der Waals surface area (Å²) >= 11 is 6.18. The van der Waals surface area contributed by atoms with Crippen molar-refractivity contribution in [3.8, 4) is 5.75 Å². The van der Waals surface area contributed by atoms with Gasteiger partial charge in [-0.3, -0.25) is 0 Å². The molecule has 0 saturated carbocycles. The van der Waals surface area contributed by atoms with E-state index in [0.717, 1.165) is 43.4 Å². The second kappa shape index (κ2) is 5.72. The maximum atomic E-state index is 13.0. The Balaban J connectivity index is 1.84. The van der Waals surface area contributed by atoms with Crippen LogP contribution in [-0.4, -0.2) is 11.5 Å². The third-order valence-electron chi connectivity index (χ3n) is 3.17. The minimum Gasteiger partial charge on any atom is -0.490 e. The van der Waals surface area contributed by atoms with Gasteiger partial charge in [-0.1, -0.05) is 13.3 Å². The van der Waals surface area contributed by atoms with Gasteiger partial charge in [-0.2, -0.15) is 0 Å². The minimum atomic E-state index is -0.186. The summed E-state index contributed by atoms with van der Waals surface area (Å²) in [5.41, 5.74) is 0.983. The van der Waals surface area contributed by atoms with Crippen LogP contribution in [0.1, 0.15) is 38.2 Å². The summed E-state index contributed by atoms with van der Waals surface area (Å²) < 4.78 is 18.8. The molecule has 17 heavy (non-hydrogen) atoms. The van der Waals surface area contributed by atoms with Crippen molar-refractivity contribution < 1.29 is 9.13 Å². The number of halogens is 2. The fraction of sp³-hybridized carbons (Fsp3) is 0.571. The van der Waals surface area contributed by atoms with Crippen molar-refractivity contribution in [2.45, 2.75) is 50.5 Å². The number of ether oxygens (including phenoxy) is 1. The van der Waals surface area contributed by atoms with E-state index in [4.69, 9.17) is 16.3 Å². The first-order valence-electron chi connectivity index (χ1n) is 6.28. The first kappa shape index (κ1) is 12.7. The van der Waals surface area contributed by atoms with Crippen LogP contribution in [0.4, 0.5) is 4.39 Å². The molecule has 1 aliphatic rings. The number of hydrogen-bond donors (Lipinski definition) is 0. The van der Waals surface area contributed by atoms with Crippen molar-refractivity contribution in [2.75, 3.05) is 0 Å². The normalized spacial score (nSPS) is 19.8. The largest absolute Gasteiger partial charge is 0.490 e. The Morgan fingerprint density at radius 2 is 2.29 bits per heavy atom. The van der Waals surface area contributed by atoms with Crippen LogP contribution in [0.15, 0.2) is 18.2 Å². The fourth-order valence-corrected chi connectivity index (χ4v) is 2.62. The van der Waals surface area contributed by atoms with Crippen LogP contribution in [0.5, 0.6) is 5.75 Å². The van der Waals surface area contributed by atoms with Crippen molar-refractivity contribution in [2.24, 2.45) is 0 Å². The van der Waals surface area contributed by atoms with E-state index in [0.29, 0.717) is 0 Å². The van der Waals surface area contributed by atoms with Gasteiger partial charge in [-0.15, -0.1) is 11.6 Å². The van der Waals surface area contributed by atoms with Gasteiger partial charge in [0.05, 0.1) is 0 Å². The molecule has 0 bridgehead atoms. The van der Waals surface area contributed by atoms with Gasteiger partial charge in [0.1, 0.15) is 17.7 Å². The standard InChI is InChI=1S/C14H18ClFO/c1-2-3-11(15)4-6-13-9-10-8-12(16)5-7-14(10)17-13/h5,7-8,11,13H,2-4,6,9H2,1H3. The number of fused-ring (bicyclic) bond motifs is 1. The average Bonchev–Trinajstić information content (AvgIpc) is 2.68. The number of benzene rings is 1. The second-order valence-electron chi connectivity index (χ2n) is 4.66. The molecule has 2 atom stereocenters. The Kier molecular flexibility index (Phi) is 4.27. The first-order valence-corrected chi connectivity index (χ1v) is 6.72. The highest BCUT2D eigenvalue weighted by molar-refractivity contribution is 6.20. The molecule has 2 unspecified atom stereocenters. The van der Waals surface area contributed by atoms with Gasteiger partial charge >= 0.3 is 0 Å². The third-order valence-corrected chi connectivity index (χ3v) is 3.60. The zero-order chi connectivity index (χ0) is 12.3. The van der Waals surface area contributed by atoms with Crippen LogP contribution < -0.4 is 4.74 Å². The molecule has 1 nitrogen and oxygen atoms in total. The Bertz CT molecular complexity index is 380. The van der Waals surface area contributed by atoms with E-state index in [1.54, 1.807) is 12.1 Å². The first-order chi connectivity index (χ1) is 8.19. The lowest BCUT2D eigenvalue weighted by Crippen LogP contribution is -2.14. The maximum Gasteiger partial charge on any atom is 0.123 e. The Morgan fingerprint density at radius 3 is 3.06 bits per heavy atom. The van der Waals surface area contributed by atoms with Gasteiger partial charge in [0, 0.05) is 17.4 Å². The maximum absolute atomic E-state index is 13.0. The predicted octanol–water partition coefficient (Wildman–Crippen LogP) is 4.32. The molecule has 1 aliphatic heterocycles. The van der Waals surface area contributed by atoms with E-state index in [1.807, 2.05) is 0 Å². The number of hydrogen-bond acceptors (Lipinski definition) is 1. The van der Waals surface area contributed by atoms with Crippen LogP contribution in [0.25, 0.3) is 0 Å². The summed E-state index contributed by atoms with van der Waals surface area (Å²) in [5, 5.41) is 0.240. The topological polar surface area (TPSA) is 9.23 Å². The molecule has 94 valence electrons. The highest BCUT2D eigenvalue weighted by Crippen LogP contribution is 2.31. The summed E-state index contributed by atoms with van der Waals surface area (Å²) in [6.45, 7) is 2.14. The zero-order valence-corrected chi connectivity index (χ0v) is 10.8. The van der Waals surface area contributed by atoms with Crippen molar-refractivity contribution in [3.05, 3.63) is 29.6 Å². The quantitative estimate of drug-likeness (QED) is 0.713.